The van der Waals surface area contributed by atoms with Gasteiger partial charge in [-0.25, -0.2) is 4.57 Å². The van der Waals surface area contributed by atoms with Crippen molar-refractivity contribution in [3.05, 3.63) is 24.3 Å². The van der Waals surface area contributed by atoms with Crippen molar-refractivity contribution in [1.29, 1.82) is 0 Å². The Bertz CT molecular complexity index is 1050. The first-order chi connectivity index (χ1) is 24.8. The Hall–Kier alpha value is -1.67. The predicted molar refractivity (Wildman–Crippen MR) is 198 cm³/mol. The van der Waals surface area contributed by atoms with E-state index in [2.05, 4.69) is 25.3 Å². The molecule has 1 fully saturated rings. The molecule has 0 spiro atoms. The summed E-state index contributed by atoms with van der Waals surface area (Å²) < 4.78 is 32.5. The van der Waals surface area contributed by atoms with E-state index in [1.165, 1.54) is 19.3 Å². The molecule has 0 bridgehead atoms. The maximum absolute atomic E-state index is 12.7. The Morgan fingerprint density at radius 1 is 0.827 bits per heavy atom. The topological polar surface area (TPSA) is 210 Å². The van der Waals surface area contributed by atoms with Crippen LogP contribution in [0.1, 0.15) is 130 Å². The Labute approximate surface area is 311 Å². The lowest BCUT2D eigenvalue weighted by Crippen LogP contribution is -2.29. The van der Waals surface area contributed by atoms with Crippen molar-refractivity contribution in [2.75, 3.05) is 26.4 Å². The normalized spacial score (nSPS) is 22.2. The van der Waals surface area contributed by atoms with Crippen LogP contribution < -0.4 is 0 Å². The Kier molecular flexibility index (Phi) is 26.7. The van der Waals surface area contributed by atoms with E-state index < -0.39 is 70.1 Å². The van der Waals surface area contributed by atoms with E-state index in [4.69, 9.17) is 19.1 Å². The van der Waals surface area contributed by atoms with Crippen LogP contribution in [-0.4, -0.2) is 99.3 Å². The van der Waals surface area contributed by atoms with E-state index in [-0.39, 0.29) is 37.7 Å². The zero-order chi connectivity index (χ0) is 38.8. The fourth-order valence-electron chi connectivity index (χ4n) is 5.99. The van der Waals surface area contributed by atoms with E-state index in [0.717, 1.165) is 38.5 Å². The van der Waals surface area contributed by atoms with Crippen molar-refractivity contribution >= 4 is 19.8 Å². The standard InChI is InChI=1S/C38H69O13P/c1-4-5-12-18-30(40)22-23-34-33(35(42)24-36(34)43)19-14-10-11-16-21-38(45)51-32(28-50-52(46,47)49-26-31(41)25-39)27-48-37(44)20-15-9-7-6-8-13-17-29(2)3/h10,14,22-23,29-36,39-43H,4-9,11-13,15-21,24-28H2,1-3H3,(H,46,47)/b14-10+,23-22+/t30-,31-,32+,33+,34+,35-,36+/m0/s1. The van der Waals surface area contributed by atoms with E-state index >= 15 is 0 Å². The molecule has 0 aromatic rings. The number of allylic oxidation sites excluding steroid dienone is 2. The summed E-state index contributed by atoms with van der Waals surface area (Å²) in [6.07, 6.45) is 15.7. The highest BCUT2D eigenvalue weighted by atomic mass is 31.2. The van der Waals surface area contributed by atoms with Gasteiger partial charge in [-0.15, -0.1) is 0 Å². The smallest absolute Gasteiger partial charge is 0.462 e. The van der Waals surface area contributed by atoms with E-state index in [9.17, 15) is 39.5 Å². The van der Waals surface area contributed by atoms with Gasteiger partial charge in [-0.2, -0.15) is 0 Å². The van der Waals surface area contributed by atoms with Gasteiger partial charge in [-0.05, 0) is 43.9 Å². The summed E-state index contributed by atoms with van der Waals surface area (Å²) in [5.74, 6) is -0.881. The largest absolute Gasteiger partial charge is 0.472 e. The van der Waals surface area contributed by atoms with E-state index in [1.54, 1.807) is 6.08 Å². The third-order valence-electron chi connectivity index (χ3n) is 9.11. The van der Waals surface area contributed by atoms with Gasteiger partial charge < -0.3 is 39.9 Å². The number of aliphatic hydroxyl groups excluding tert-OH is 5. The van der Waals surface area contributed by atoms with Gasteiger partial charge in [0.25, 0.3) is 0 Å². The summed E-state index contributed by atoms with van der Waals surface area (Å²) in [6.45, 7) is 4.18. The Morgan fingerprint density at radius 2 is 1.48 bits per heavy atom. The molecule has 14 heteroatoms. The molecule has 52 heavy (non-hydrogen) atoms. The van der Waals surface area contributed by atoms with E-state index in [0.29, 0.717) is 38.0 Å². The average Bonchev–Trinajstić information content (AvgIpc) is 3.37. The summed E-state index contributed by atoms with van der Waals surface area (Å²) in [5.41, 5.74) is 0. The lowest BCUT2D eigenvalue weighted by molar-refractivity contribution is -0.161. The van der Waals surface area contributed by atoms with Crippen LogP contribution in [-0.2, 0) is 32.7 Å². The van der Waals surface area contributed by atoms with Crippen LogP contribution in [0.4, 0.5) is 0 Å². The number of unbranched alkanes of at least 4 members (excludes halogenated alkanes) is 8. The van der Waals surface area contributed by atoms with Crippen LogP contribution in [0.2, 0.25) is 0 Å². The Balaban J connectivity index is 2.57. The number of aliphatic hydroxyl groups is 5. The lowest BCUT2D eigenvalue weighted by Gasteiger charge is -2.20. The van der Waals surface area contributed by atoms with Crippen LogP contribution in [0.3, 0.4) is 0 Å². The second-order valence-corrected chi connectivity index (χ2v) is 15.9. The van der Waals surface area contributed by atoms with Gasteiger partial charge >= 0.3 is 19.8 Å². The average molecular weight is 765 g/mol. The van der Waals surface area contributed by atoms with Crippen LogP contribution in [0.5, 0.6) is 0 Å². The first-order valence-corrected chi connectivity index (χ1v) is 20.9. The molecule has 0 saturated heterocycles. The minimum atomic E-state index is -4.68. The summed E-state index contributed by atoms with van der Waals surface area (Å²) in [7, 11) is -4.68. The quantitative estimate of drug-likeness (QED) is 0.0218. The molecule has 0 aromatic heterocycles. The van der Waals surface area contributed by atoms with Gasteiger partial charge in [0.2, 0.25) is 0 Å². The molecule has 0 heterocycles. The number of hydrogen-bond acceptors (Lipinski definition) is 12. The maximum atomic E-state index is 12.7. The van der Waals surface area contributed by atoms with Gasteiger partial charge in [0.05, 0.1) is 38.1 Å². The first-order valence-electron chi connectivity index (χ1n) is 19.4. The number of carbonyl (C=O) groups excluding carboxylic acids is 2. The number of phosphoric ester groups is 1. The fraction of sp³-hybridized carbons (Fsp3) is 0.842. The predicted octanol–water partition coefficient (Wildman–Crippen LogP) is 5.68. The minimum absolute atomic E-state index is 0.00792. The molecule has 6 N–H and O–H groups in total. The molecule has 1 aliphatic carbocycles. The second kappa shape index (κ2) is 28.7. The number of rotatable bonds is 31. The molecule has 0 aliphatic heterocycles. The molecule has 8 atom stereocenters. The zero-order valence-corrected chi connectivity index (χ0v) is 32.7. The van der Waals surface area contributed by atoms with Crippen molar-refractivity contribution in [3.8, 4) is 0 Å². The summed E-state index contributed by atoms with van der Waals surface area (Å²) in [5, 5.41) is 49.5. The molecule has 1 aliphatic rings. The van der Waals surface area contributed by atoms with Gasteiger partial charge in [-0.3, -0.25) is 18.6 Å². The van der Waals surface area contributed by atoms with Crippen LogP contribution >= 0.6 is 7.82 Å². The maximum Gasteiger partial charge on any atom is 0.472 e. The van der Waals surface area contributed by atoms with Crippen molar-refractivity contribution in [3.63, 3.8) is 0 Å². The highest BCUT2D eigenvalue weighted by Gasteiger charge is 2.39. The number of hydrogen-bond donors (Lipinski definition) is 6. The van der Waals surface area contributed by atoms with Gasteiger partial charge in [0.15, 0.2) is 6.10 Å². The molecule has 1 rings (SSSR count). The molecule has 1 saturated carbocycles. The summed E-state index contributed by atoms with van der Waals surface area (Å²) >= 11 is 0. The summed E-state index contributed by atoms with van der Waals surface area (Å²) in [4.78, 5) is 34.9. The van der Waals surface area contributed by atoms with Crippen molar-refractivity contribution in [2.24, 2.45) is 17.8 Å². The molecule has 0 aromatic carbocycles. The molecule has 1 unspecified atom stereocenters. The fourth-order valence-corrected chi connectivity index (χ4v) is 6.78. The van der Waals surface area contributed by atoms with Gasteiger partial charge in [-0.1, -0.05) is 103 Å². The van der Waals surface area contributed by atoms with Gasteiger partial charge in [0.1, 0.15) is 12.7 Å². The summed E-state index contributed by atoms with van der Waals surface area (Å²) in [6, 6.07) is 0. The van der Waals surface area contributed by atoms with Crippen molar-refractivity contribution < 1.29 is 63.1 Å². The molecular weight excluding hydrogens is 695 g/mol. The number of phosphoric acid groups is 1. The monoisotopic (exact) mass is 764 g/mol. The number of ether oxygens (including phenoxy) is 2. The Morgan fingerprint density at radius 3 is 2.17 bits per heavy atom. The SMILES string of the molecule is CCCCC[C@H](O)/C=C/[C@@H]1[C@@H](C/C=C/CCCC(=O)O[C@H](COC(=O)CCCCCCCCC(C)C)COP(=O)(O)OC[C@@H](O)CO)[C@@H](O)C[C@H]1O. The molecular formula is C38H69O13P. The molecule has 304 valence electrons. The third-order valence-corrected chi connectivity index (χ3v) is 10.1. The molecule has 13 nitrogen and oxygen atoms in total. The number of carbonyl (C=O) groups is 2. The lowest BCUT2D eigenvalue weighted by atomic mass is 9.89. The molecule has 0 amide bonds. The third kappa shape index (κ3) is 23.9. The van der Waals surface area contributed by atoms with Crippen LogP contribution in [0, 0.1) is 17.8 Å². The number of esters is 2. The highest BCUT2D eigenvalue weighted by molar-refractivity contribution is 7.47. The van der Waals surface area contributed by atoms with Crippen LogP contribution in [0.25, 0.3) is 0 Å². The first kappa shape index (κ1) is 48.3. The zero-order valence-electron chi connectivity index (χ0n) is 31.8. The van der Waals surface area contributed by atoms with Crippen molar-refractivity contribution in [1.82, 2.24) is 0 Å². The highest BCUT2D eigenvalue weighted by Crippen LogP contribution is 2.43. The van der Waals surface area contributed by atoms with Gasteiger partial charge in [0, 0.05) is 25.2 Å². The second-order valence-electron chi connectivity index (χ2n) is 14.4. The molecule has 0 radical (unpaired) electrons. The van der Waals surface area contributed by atoms with Crippen molar-refractivity contribution in [2.45, 2.75) is 160 Å². The van der Waals surface area contributed by atoms with Crippen LogP contribution in [0.15, 0.2) is 24.3 Å². The minimum Gasteiger partial charge on any atom is -0.462 e. The van der Waals surface area contributed by atoms with E-state index in [1.807, 2.05) is 18.2 Å².